The molecular formula is C24H32N4O2S. The summed E-state index contributed by atoms with van der Waals surface area (Å²) in [5.74, 6) is 0.881. The van der Waals surface area contributed by atoms with Crippen molar-refractivity contribution in [2.24, 2.45) is 0 Å². The first-order chi connectivity index (χ1) is 15.2. The van der Waals surface area contributed by atoms with Crippen LogP contribution in [0.1, 0.15) is 18.9 Å². The van der Waals surface area contributed by atoms with E-state index in [9.17, 15) is 4.79 Å². The smallest absolute Gasteiger partial charge is 0.234 e. The van der Waals surface area contributed by atoms with E-state index in [2.05, 4.69) is 32.6 Å². The molecule has 2 aromatic carbocycles. The molecule has 0 bridgehead atoms. The molecule has 0 spiro atoms. The average molecular weight is 441 g/mol. The fourth-order valence-electron chi connectivity index (χ4n) is 3.63. The number of anilines is 1. The van der Waals surface area contributed by atoms with Crippen molar-refractivity contribution in [2.45, 2.75) is 19.8 Å². The molecule has 0 radical (unpaired) electrons. The fraction of sp³-hybridized carbons (Fsp3) is 0.417. The van der Waals surface area contributed by atoms with Crippen molar-refractivity contribution in [2.75, 3.05) is 51.2 Å². The lowest BCUT2D eigenvalue weighted by molar-refractivity contribution is -0.122. The molecule has 3 rings (SSSR count). The van der Waals surface area contributed by atoms with Gasteiger partial charge in [-0.25, -0.2) is 0 Å². The first kappa shape index (κ1) is 23.0. The number of nitrogens with one attached hydrogen (secondary N) is 2. The van der Waals surface area contributed by atoms with Gasteiger partial charge in [-0.15, -0.1) is 0 Å². The van der Waals surface area contributed by atoms with Gasteiger partial charge in [0.25, 0.3) is 0 Å². The highest BCUT2D eigenvalue weighted by atomic mass is 32.1. The van der Waals surface area contributed by atoms with Crippen LogP contribution in [0.25, 0.3) is 0 Å². The number of nitrogens with zero attached hydrogens (tertiary/aromatic N) is 2. The summed E-state index contributed by atoms with van der Waals surface area (Å²) in [6.45, 7) is 7.02. The number of amides is 1. The Morgan fingerprint density at radius 3 is 2.61 bits per heavy atom. The van der Waals surface area contributed by atoms with Crippen molar-refractivity contribution in [3.05, 3.63) is 60.2 Å². The number of rotatable bonds is 8. The van der Waals surface area contributed by atoms with Gasteiger partial charge in [-0.2, -0.15) is 0 Å². The number of thiocarbonyl (C=S) groups is 1. The number of carbonyl (C=O) groups excluding carboxylic acids is 1. The van der Waals surface area contributed by atoms with E-state index in [0.717, 1.165) is 50.5 Å². The summed E-state index contributed by atoms with van der Waals surface area (Å²) in [7, 11) is 0. The van der Waals surface area contributed by atoms with Gasteiger partial charge in [0.15, 0.2) is 5.11 Å². The molecule has 2 aromatic rings. The van der Waals surface area contributed by atoms with Crippen LogP contribution in [0.5, 0.6) is 5.75 Å². The van der Waals surface area contributed by atoms with Crippen molar-refractivity contribution in [3.63, 3.8) is 0 Å². The third-order valence-electron chi connectivity index (χ3n) is 5.25. The fourth-order valence-corrected chi connectivity index (χ4v) is 3.92. The van der Waals surface area contributed by atoms with E-state index in [1.165, 1.54) is 5.56 Å². The highest BCUT2D eigenvalue weighted by Crippen LogP contribution is 2.24. The van der Waals surface area contributed by atoms with Gasteiger partial charge in [0.2, 0.25) is 5.91 Å². The van der Waals surface area contributed by atoms with Crippen LogP contribution in [0.3, 0.4) is 0 Å². The van der Waals surface area contributed by atoms with Crippen molar-refractivity contribution in [1.29, 1.82) is 0 Å². The molecule has 1 amide bonds. The Kier molecular flexibility index (Phi) is 9.12. The third kappa shape index (κ3) is 7.52. The molecule has 1 aliphatic heterocycles. The molecule has 0 aromatic heterocycles. The van der Waals surface area contributed by atoms with E-state index >= 15 is 0 Å². The topological polar surface area (TPSA) is 56.8 Å². The quantitative estimate of drug-likeness (QED) is 0.615. The maximum Gasteiger partial charge on any atom is 0.234 e. The Bertz CT molecular complexity index is 846. The molecule has 1 fully saturated rings. The standard InChI is InChI=1S/C24H32N4O2S/c1-2-30-22-12-7-6-11-21(22)26-24(31)28-16-8-15-27(17-18-28)19-23(29)25-14-13-20-9-4-3-5-10-20/h3-7,9-12H,2,8,13-19H2,1H3,(H,25,29)(H,26,31). The van der Waals surface area contributed by atoms with Gasteiger partial charge in [-0.1, -0.05) is 42.5 Å². The number of para-hydroxylation sites is 2. The summed E-state index contributed by atoms with van der Waals surface area (Å²) in [6, 6.07) is 18.0. The lowest BCUT2D eigenvalue weighted by Gasteiger charge is -2.25. The first-order valence-electron chi connectivity index (χ1n) is 11.0. The lowest BCUT2D eigenvalue weighted by Crippen LogP contribution is -2.41. The maximum atomic E-state index is 12.4. The van der Waals surface area contributed by atoms with Crippen molar-refractivity contribution in [1.82, 2.24) is 15.1 Å². The molecule has 0 saturated carbocycles. The van der Waals surface area contributed by atoms with Crippen LogP contribution >= 0.6 is 12.2 Å². The van der Waals surface area contributed by atoms with Crippen LogP contribution in [0.2, 0.25) is 0 Å². The Hall–Kier alpha value is -2.64. The predicted molar refractivity (Wildman–Crippen MR) is 130 cm³/mol. The molecule has 7 heteroatoms. The van der Waals surface area contributed by atoms with E-state index in [-0.39, 0.29) is 5.91 Å². The number of hydrogen-bond donors (Lipinski definition) is 2. The van der Waals surface area contributed by atoms with Gasteiger partial charge in [0, 0.05) is 32.7 Å². The number of benzene rings is 2. The van der Waals surface area contributed by atoms with Crippen molar-refractivity contribution < 1.29 is 9.53 Å². The molecule has 1 aliphatic rings. The third-order valence-corrected chi connectivity index (χ3v) is 5.61. The summed E-state index contributed by atoms with van der Waals surface area (Å²) in [4.78, 5) is 16.7. The SMILES string of the molecule is CCOc1ccccc1NC(=S)N1CCCN(CC(=O)NCCc2ccccc2)CC1. The van der Waals surface area contributed by atoms with Gasteiger partial charge in [0.1, 0.15) is 5.75 Å². The Labute approximate surface area is 190 Å². The molecule has 1 heterocycles. The zero-order valence-electron chi connectivity index (χ0n) is 18.2. The molecule has 2 N–H and O–H groups in total. The van der Waals surface area contributed by atoms with E-state index in [0.29, 0.717) is 24.8 Å². The Morgan fingerprint density at radius 1 is 1.03 bits per heavy atom. The minimum Gasteiger partial charge on any atom is -0.492 e. The van der Waals surface area contributed by atoms with Crippen LogP contribution in [-0.4, -0.2) is 66.7 Å². The molecule has 0 unspecified atom stereocenters. The molecular weight excluding hydrogens is 408 g/mol. The number of hydrogen-bond acceptors (Lipinski definition) is 4. The second kappa shape index (κ2) is 12.3. The summed E-state index contributed by atoms with van der Waals surface area (Å²) in [5, 5.41) is 7.06. The Balaban J connectivity index is 1.42. The summed E-state index contributed by atoms with van der Waals surface area (Å²) < 4.78 is 5.68. The summed E-state index contributed by atoms with van der Waals surface area (Å²) in [6.07, 6.45) is 1.82. The predicted octanol–water partition coefficient (Wildman–Crippen LogP) is 3.15. The second-order valence-electron chi connectivity index (χ2n) is 7.56. The van der Waals surface area contributed by atoms with E-state index in [1.807, 2.05) is 49.4 Å². The van der Waals surface area contributed by atoms with Crippen molar-refractivity contribution >= 4 is 28.9 Å². The van der Waals surface area contributed by atoms with Gasteiger partial charge in [0.05, 0.1) is 18.8 Å². The molecule has 6 nitrogen and oxygen atoms in total. The monoisotopic (exact) mass is 440 g/mol. The zero-order valence-corrected chi connectivity index (χ0v) is 19.0. The largest absolute Gasteiger partial charge is 0.492 e. The van der Waals surface area contributed by atoms with Crippen LogP contribution in [0.15, 0.2) is 54.6 Å². The molecule has 0 aliphatic carbocycles. The van der Waals surface area contributed by atoms with Crippen LogP contribution in [0, 0.1) is 0 Å². The molecule has 1 saturated heterocycles. The minimum atomic E-state index is 0.0794. The number of carbonyl (C=O) groups is 1. The highest BCUT2D eigenvalue weighted by molar-refractivity contribution is 7.80. The highest BCUT2D eigenvalue weighted by Gasteiger charge is 2.19. The van der Waals surface area contributed by atoms with Crippen LogP contribution < -0.4 is 15.4 Å². The van der Waals surface area contributed by atoms with E-state index in [4.69, 9.17) is 17.0 Å². The van der Waals surface area contributed by atoms with Crippen LogP contribution in [-0.2, 0) is 11.2 Å². The first-order valence-corrected chi connectivity index (χ1v) is 11.4. The average Bonchev–Trinajstić information content (AvgIpc) is 3.02. The van der Waals surface area contributed by atoms with Gasteiger partial charge in [-0.05, 0) is 49.7 Å². The van der Waals surface area contributed by atoms with Crippen LogP contribution in [0.4, 0.5) is 5.69 Å². The summed E-state index contributed by atoms with van der Waals surface area (Å²) in [5.41, 5.74) is 2.12. The zero-order chi connectivity index (χ0) is 21.9. The van der Waals surface area contributed by atoms with Gasteiger partial charge >= 0.3 is 0 Å². The van der Waals surface area contributed by atoms with E-state index < -0.39 is 0 Å². The Morgan fingerprint density at radius 2 is 1.81 bits per heavy atom. The lowest BCUT2D eigenvalue weighted by atomic mass is 10.1. The normalized spacial score (nSPS) is 14.5. The molecule has 166 valence electrons. The number of ether oxygens (including phenoxy) is 1. The van der Waals surface area contributed by atoms with E-state index in [1.54, 1.807) is 0 Å². The van der Waals surface area contributed by atoms with Gasteiger partial charge in [-0.3, -0.25) is 9.69 Å². The maximum absolute atomic E-state index is 12.4. The van der Waals surface area contributed by atoms with Crippen molar-refractivity contribution in [3.8, 4) is 5.75 Å². The molecule has 31 heavy (non-hydrogen) atoms. The summed E-state index contributed by atoms with van der Waals surface area (Å²) >= 11 is 5.65. The minimum absolute atomic E-state index is 0.0794. The second-order valence-corrected chi connectivity index (χ2v) is 7.95. The molecule has 0 atom stereocenters. The van der Waals surface area contributed by atoms with Gasteiger partial charge < -0.3 is 20.3 Å².